The SMILES string of the molecule is Cc1ccc(C(=O)c2ccc(C(F)(F)F)c(F)c2)cc1. The minimum atomic E-state index is -4.77. The molecule has 0 aliphatic carbocycles. The minimum absolute atomic E-state index is 0.112. The standard InChI is InChI=1S/C15H10F4O/c1-9-2-4-10(5-3-9)14(20)11-6-7-12(13(16)8-11)15(17,18)19/h2-8H,1H3. The van der Waals surface area contributed by atoms with E-state index >= 15 is 0 Å². The molecule has 1 nitrogen and oxygen atoms in total. The van der Waals surface area contributed by atoms with Gasteiger partial charge in [-0.1, -0.05) is 35.9 Å². The van der Waals surface area contributed by atoms with Crippen molar-refractivity contribution in [2.24, 2.45) is 0 Å². The largest absolute Gasteiger partial charge is 0.419 e. The number of carbonyl (C=O) groups is 1. The van der Waals surface area contributed by atoms with Gasteiger partial charge in [-0.05, 0) is 19.1 Å². The van der Waals surface area contributed by atoms with E-state index in [-0.39, 0.29) is 5.56 Å². The molecule has 0 aliphatic heterocycles. The van der Waals surface area contributed by atoms with Gasteiger partial charge in [0.1, 0.15) is 5.82 Å². The summed E-state index contributed by atoms with van der Waals surface area (Å²) in [4.78, 5) is 12.0. The van der Waals surface area contributed by atoms with Crippen LogP contribution in [-0.4, -0.2) is 5.78 Å². The highest BCUT2D eigenvalue weighted by Crippen LogP contribution is 2.31. The molecule has 20 heavy (non-hydrogen) atoms. The average molecular weight is 282 g/mol. The highest BCUT2D eigenvalue weighted by atomic mass is 19.4. The molecule has 2 rings (SSSR count). The molecule has 0 saturated heterocycles. The third-order valence-corrected chi connectivity index (χ3v) is 2.85. The maximum absolute atomic E-state index is 13.4. The van der Waals surface area contributed by atoms with Gasteiger partial charge < -0.3 is 0 Å². The first-order valence-electron chi connectivity index (χ1n) is 5.77. The summed E-state index contributed by atoms with van der Waals surface area (Å²) in [5.74, 6) is -1.96. The quantitative estimate of drug-likeness (QED) is 0.590. The summed E-state index contributed by atoms with van der Waals surface area (Å²) in [5, 5.41) is 0. The highest BCUT2D eigenvalue weighted by molar-refractivity contribution is 6.09. The van der Waals surface area contributed by atoms with Crippen molar-refractivity contribution < 1.29 is 22.4 Å². The molecule has 0 fully saturated rings. The Kier molecular flexibility index (Phi) is 3.61. The predicted molar refractivity (Wildman–Crippen MR) is 66.0 cm³/mol. The molecule has 5 heteroatoms. The lowest BCUT2D eigenvalue weighted by Crippen LogP contribution is -2.10. The number of rotatable bonds is 2. The van der Waals surface area contributed by atoms with Crippen molar-refractivity contribution >= 4 is 5.78 Å². The van der Waals surface area contributed by atoms with Crippen LogP contribution in [0.1, 0.15) is 27.0 Å². The zero-order valence-electron chi connectivity index (χ0n) is 10.5. The van der Waals surface area contributed by atoms with E-state index in [0.29, 0.717) is 17.7 Å². The fourth-order valence-corrected chi connectivity index (χ4v) is 1.76. The number of benzene rings is 2. The van der Waals surface area contributed by atoms with Gasteiger partial charge in [0.2, 0.25) is 0 Å². The van der Waals surface area contributed by atoms with Gasteiger partial charge in [-0.25, -0.2) is 4.39 Å². The molecule has 104 valence electrons. The van der Waals surface area contributed by atoms with Crippen LogP contribution in [0.25, 0.3) is 0 Å². The van der Waals surface area contributed by atoms with E-state index < -0.39 is 23.3 Å². The second kappa shape index (κ2) is 5.07. The van der Waals surface area contributed by atoms with Crippen LogP contribution in [0, 0.1) is 12.7 Å². The summed E-state index contributed by atoms with van der Waals surface area (Å²) in [5.41, 5.74) is -0.243. The Morgan fingerprint density at radius 2 is 1.50 bits per heavy atom. The van der Waals surface area contributed by atoms with Crippen LogP contribution in [0.5, 0.6) is 0 Å². The van der Waals surface area contributed by atoms with Gasteiger partial charge in [-0.2, -0.15) is 13.2 Å². The summed E-state index contributed by atoms with van der Waals surface area (Å²) in [6.07, 6.45) is -4.77. The first kappa shape index (κ1) is 14.2. The molecule has 0 aromatic heterocycles. The van der Waals surface area contributed by atoms with E-state index in [1.165, 1.54) is 0 Å². The maximum Gasteiger partial charge on any atom is 0.419 e. The third-order valence-electron chi connectivity index (χ3n) is 2.85. The molecule has 0 spiro atoms. The molecule has 0 radical (unpaired) electrons. The molecule has 0 N–H and O–H groups in total. The molecular weight excluding hydrogens is 272 g/mol. The first-order valence-corrected chi connectivity index (χ1v) is 5.77. The number of aryl methyl sites for hydroxylation is 1. The molecule has 0 atom stereocenters. The lowest BCUT2D eigenvalue weighted by atomic mass is 10.0. The van der Waals surface area contributed by atoms with Crippen molar-refractivity contribution in [2.75, 3.05) is 0 Å². The lowest BCUT2D eigenvalue weighted by Gasteiger charge is -2.09. The van der Waals surface area contributed by atoms with Crippen molar-refractivity contribution in [1.29, 1.82) is 0 Å². The highest BCUT2D eigenvalue weighted by Gasteiger charge is 2.34. The van der Waals surface area contributed by atoms with E-state index in [9.17, 15) is 22.4 Å². The normalized spacial score (nSPS) is 11.4. The van der Waals surface area contributed by atoms with Crippen LogP contribution in [0.2, 0.25) is 0 Å². The Labute approximate surface area is 112 Å². The van der Waals surface area contributed by atoms with Crippen LogP contribution in [-0.2, 0) is 6.18 Å². The molecule has 0 amide bonds. The summed E-state index contributed by atoms with van der Waals surface area (Å²) in [6.45, 7) is 1.84. The first-order chi connectivity index (χ1) is 9.29. The van der Waals surface area contributed by atoms with Gasteiger partial charge in [0.25, 0.3) is 0 Å². The zero-order valence-corrected chi connectivity index (χ0v) is 10.5. The van der Waals surface area contributed by atoms with E-state index in [4.69, 9.17) is 0 Å². The second-order valence-corrected chi connectivity index (χ2v) is 4.39. The van der Waals surface area contributed by atoms with Gasteiger partial charge in [0.05, 0.1) is 5.56 Å². The molecule has 2 aromatic carbocycles. The topological polar surface area (TPSA) is 17.1 Å². The van der Waals surface area contributed by atoms with E-state index in [1.54, 1.807) is 24.3 Å². The molecule has 0 bridgehead atoms. The fourth-order valence-electron chi connectivity index (χ4n) is 1.76. The summed E-state index contributed by atoms with van der Waals surface area (Å²) in [7, 11) is 0. The van der Waals surface area contributed by atoms with Crippen molar-refractivity contribution in [3.8, 4) is 0 Å². The van der Waals surface area contributed by atoms with Crippen molar-refractivity contribution in [3.63, 3.8) is 0 Å². The second-order valence-electron chi connectivity index (χ2n) is 4.39. The van der Waals surface area contributed by atoms with E-state index in [1.807, 2.05) is 6.92 Å². The summed E-state index contributed by atoms with van der Waals surface area (Å²) in [6, 6.07) is 8.68. The van der Waals surface area contributed by atoms with Crippen LogP contribution in [0.3, 0.4) is 0 Å². The number of halogens is 4. The van der Waals surface area contributed by atoms with E-state index in [0.717, 1.165) is 11.6 Å². The third kappa shape index (κ3) is 2.87. The Morgan fingerprint density at radius 1 is 0.950 bits per heavy atom. The molecule has 0 heterocycles. The number of carbonyl (C=O) groups excluding carboxylic acids is 1. The van der Waals surface area contributed by atoms with Crippen molar-refractivity contribution in [3.05, 3.63) is 70.5 Å². The maximum atomic E-state index is 13.4. The fraction of sp³-hybridized carbons (Fsp3) is 0.133. The Bertz CT molecular complexity index is 642. The minimum Gasteiger partial charge on any atom is -0.289 e. The number of hydrogen-bond donors (Lipinski definition) is 0. The zero-order chi connectivity index (χ0) is 14.9. The number of hydrogen-bond acceptors (Lipinski definition) is 1. The Hall–Kier alpha value is -2.17. The molecule has 0 saturated carbocycles. The van der Waals surface area contributed by atoms with Crippen molar-refractivity contribution in [2.45, 2.75) is 13.1 Å². The average Bonchev–Trinajstić information content (AvgIpc) is 2.37. The van der Waals surface area contributed by atoms with E-state index in [2.05, 4.69) is 0 Å². The van der Waals surface area contributed by atoms with Crippen LogP contribution in [0.15, 0.2) is 42.5 Å². The van der Waals surface area contributed by atoms with Gasteiger partial charge in [-0.15, -0.1) is 0 Å². The molecule has 0 unspecified atom stereocenters. The number of ketones is 1. The number of alkyl halides is 3. The monoisotopic (exact) mass is 282 g/mol. The predicted octanol–water partition coefficient (Wildman–Crippen LogP) is 4.38. The van der Waals surface area contributed by atoms with Gasteiger partial charge >= 0.3 is 6.18 Å². The summed E-state index contributed by atoms with van der Waals surface area (Å²) < 4.78 is 50.7. The summed E-state index contributed by atoms with van der Waals surface area (Å²) >= 11 is 0. The van der Waals surface area contributed by atoms with Gasteiger partial charge in [-0.3, -0.25) is 4.79 Å². The lowest BCUT2D eigenvalue weighted by molar-refractivity contribution is -0.140. The molecule has 2 aromatic rings. The Balaban J connectivity index is 2.37. The Morgan fingerprint density at radius 3 is 2.00 bits per heavy atom. The smallest absolute Gasteiger partial charge is 0.289 e. The van der Waals surface area contributed by atoms with Gasteiger partial charge in [0, 0.05) is 11.1 Å². The molecular formula is C15H10F4O. The van der Waals surface area contributed by atoms with Crippen molar-refractivity contribution in [1.82, 2.24) is 0 Å². The van der Waals surface area contributed by atoms with Crippen LogP contribution < -0.4 is 0 Å². The van der Waals surface area contributed by atoms with Crippen LogP contribution in [0.4, 0.5) is 17.6 Å². The molecule has 0 aliphatic rings. The van der Waals surface area contributed by atoms with Crippen LogP contribution >= 0.6 is 0 Å². The van der Waals surface area contributed by atoms with Gasteiger partial charge in [0.15, 0.2) is 5.78 Å².